The fourth-order valence-corrected chi connectivity index (χ4v) is 1.23. The van der Waals surface area contributed by atoms with Crippen molar-refractivity contribution in [1.29, 1.82) is 0 Å². The van der Waals surface area contributed by atoms with Crippen LogP contribution in [0.5, 0.6) is 0 Å². The number of pyridine rings is 1. The number of aromatic nitrogens is 4. The Kier molecular flexibility index (Phi) is 2.51. The van der Waals surface area contributed by atoms with Crippen LogP contribution < -0.4 is 5.73 Å². The Hall–Kier alpha value is -1.75. The molecule has 2 aromatic heterocycles. The van der Waals surface area contributed by atoms with Crippen LogP contribution in [0.25, 0.3) is 0 Å². The van der Waals surface area contributed by atoms with Gasteiger partial charge in [-0.15, -0.1) is 0 Å². The van der Waals surface area contributed by atoms with Crippen molar-refractivity contribution in [3.8, 4) is 0 Å². The summed E-state index contributed by atoms with van der Waals surface area (Å²) in [6, 6.07) is 3.73. The van der Waals surface area contributed by atoms with E-state index in [1.165, 1.54) is 6.33 Å². The van der Waals surface area contributed by atoms with Crippen molar-refractivity contribution >= 4 is 0 Å². The standard InChI is InChI=1S/C9H11N5/c10-9(5-14-7-12-6-13-14)8-2-1-3-11-4-8/h1-4,6-7,9H,5,10H2. The zero-order chi connectivity index (χ0) is 9.80. The van der Waals surface area contributed by atoms with Gasteiger partial charge in [-0.25, -0.2) is 4.98 Å². The Bertz CT molecular complexity index is 369. The zero-order valence-electron chi connectivity index (χ0n) is 7.61. The quantitative estimate of drug-likeness (QED) is 0.757. The van der Waals surface area contributed by atoms with E-state index in [0.29, 0.717) is 6.54 Å². The molecule has 0 aliphatic heterocycles. The van der Waals surface area contributed by atoms with Crippen molar-refractivity contribution in [2.45, 2.75) is 12.6 Å². The molecule has 1 atom stereocenters. The summed E-state index contributed by atoms with van der Waals surface area (Å²) in [5, 5.41) is 3.99. The second-order valence-corrected chi connectivity index (χ2v) is 3.01. The largest absolute Gasteiger partial charge is 0.322 e. The second-order valence-electron chi connectivity index (χ2n) is 3.01. The Balaban J connectivity index is 2.07. The smallest absolute Gasteiger partial charge is 0.137 e. The maximum atomic E-state index is 5.96. The lowest BCUT2D eigenvalue weighted by Crippen LogP contribution is -2.18. The fraction of sp³-hybridized carbons (Fsp3) is 0.222. The van der Waals surface area contributed by atoms with Crippen LogP contribution in [0.15, 0.2) is 37.2 Å². The third-order valence-electron chi connectivity index (χ3n) is 1.96. The average molecular weight is 189 g/mol. The van der Waals surface area contributed by atoms with E-state index < -0.39 is 0 Å². The molecule has 0 saturated carbocycles. The van der Waals surface area contributed by atoms with Gasteiger partial charge in [0.1, 0.15) is 12.7 Å². The highest BCUT2D eigenvalue weighted by atomic mass is 15.3. The molecule has 72 valence electrons. The van der Waals surface area contributed by atoms with E-state index in [2.05, 4.69) is 15.1 Å². The van der Waals surface area contributed by atoms with Crippen molar-refractivity contribution in [1.82, 2.24) is 19.7 Å². The lowest BCUT2D eigenvalue weighted by Gasteiger charge is -2.10. The molecule has 0 spiro atoms. The highest BCUT2D eigenvalue weighted by Gasteiger charge is 2.06. The number of hydrogen-bond donors (Lipinski definition) is 1. The van der Waals surface area contributed by atoms with Crippen molar-refractivity contribution < 1.29 is 0 Å². The summed E-state index contributed by atoms with van der Waals surface area (Å²) in [6.45, 7) is 0.617. The summed E-state index contributed by atoms with van der Waals surface area (Å²) in [6.07, 6.45) is 6.64. The second kappa shape index (κ2) is 3.97. The number of nitrogens with two attached hydrogens (primary N) is 1. The first kappa shape index (κ1) is 8.83. The third kappa shape index (κ3) is 1.94. The van der Waals surface area contributed by atoms with Gasteiger partial charge in [0.15, 0.2) is 0 Å². The van der Waals surface area contributed by atoms with E-state index in [-0.39, 0.29) is 6.04 Å². The van der Waals surface area contributed by atoms with E-state index in [4.69, 9.17) is 5.73 Å². The number of rotatable bonds is 3. The molecule has 2 N–H and O–H groups in total. The van der Waals surface area contributed by atoms with E-state index in [0.717, 1.165) is 5.56 Å². The SMILES string of the molecule is NC(Cn1cncn1)c1cccnc1. The van der Waals surface area contributed by atoms with Crippen LogP contribution in [-0.4, -0.2) is 19.7 Å². The molecule has 14 heavy (non-hydrogen) atoms. The van der Waals surface area contributed by atoms with Crippen molar-refractivity contribution in [2.75, 3.05) is 0 Å². The topological polar surface area (TPSA) is 69.6 Å². The molecule has 0 saturated heterocycles. The first-order chi connectivity index (χ1) is 6.86. The van der Waals surface area contributed by atoms with Gasteiger partial charge in [-0.05, 0) is 11.6 Å². The summed E-state index contributed by atoms with van der Waals surface area (Å²) < 4.78 is 1.71. The van der Waals surface area contributed by atoms with Gasteiger partial charge in [0.05, 0.1) is 12.6 Å². The lowest BCUT2D eigenvalue weighted by molar-refractivity contribution is 0.525. The first-order valence-electron chi connectivity index (χ1n) is 4.34. The normalized spacial score (nSPS) is 12.6. The van der Waals surface area contributed by atoms with Crippen LogP contribution in [0.3, 0.4) is 0 Å². The van der Waals surface area contributed by atoms with Gasteiger partial charge >= 0.3 is 0 Å². The average Bonchev–Trinajstić information content (AvgIpc) is 2.72. The molecule has 0 aliphatic rings. The minimum atomic E-state index is -0.0922. The molecule has 2 heterocycles. The van der Waals surface area contributed by atoms with Gasteiger partial charge < -0.3 is 5.73 Å². The van der Waals surface area contributed by atoms with Gasteiger partial charge in [-0.3, -0.25) is 9.67 Å². The van der Waals surface area contributed by atoms with Gasteiger partial charge in [-0.2, -0.15) is 5.10 Å². The summed E-state index contributed by atoms with van der Waals surface area (Å²) >= 11 is 0. The molecule has 0 amide bonds. The Morgan fingerprint density at radius 1 is 1.43 bits per heavy atom. The molecule has 0 aromatic carbocycles. The highest BCUT2D eigenvalue weighted by molar-refractivity contribution is 5.12. The summed E-state index contributed by atoms with van der Waals surface area (Å²) in [7, 11) is 0. The first-order valence-corrected chi connectivity index (χ1v) is 4.34. The fourth-order valence-electron chi connectivity index (χ4n) is 1.23. The predicted octanol–water partition coefficient (Wildman–Crippen LogP) is 0.373. The van der Waals surface area contributed by atoms with Crippen molar-refractivity contribution in [2.24, 2.45) is 5.73 Å². The Morgan fingerprint density at radius 3 is 3.00 bits per heavy atom. The molecule has 5 heteroatoms. The maximum absolute atomic E-state index is 5.96. The highest BCUT2D eigenvalue weighted by Crippen LogP contribution is 2.09. The van der Waals surface area contributed by atoms with Crippen LogP contribution in [0.2, 0.25) is 0 Å². The summed E-state index contributed by atoms with van der Waals surface area (Å²) in [5.74, 6) is 0. The van der Waals surface area contributed by atoms with Crippen LogP contribution in [0, 0.1) is 0 Å². The summed E-state index contributed by atoms with van der Waals surface area (Å²) in [4.78, 5) is 7.86. The Morgan fingerprint density at radius 2 is 2.36 bits per heavy atom. The van der Waals surface area contributed by atoms with Crippen molar-refractivity contribution in [3.63, 3.8) is 0 Å². The van der Waals surface area contributed by atoms with Gasteiger partial charge in [0, 0.05) is 12.4 Å². The molecule has 1 unspecified atom stereocenters. The predicted molar refractivity (Wildman–Crippen MR) is 51.2 cm³/mol. The van der Waals surface area contributed by atoms with E-state index in [1.807, 2.05) is 12.1 Å². The molecule has 0 fully saturated rings. The number of nitrogens with zero attached hydrogens (tertiary/aromatic N) is 4. The van der Waals surface area contributed by atoms with Gasteiger partial charge in [0.25, 0.3) is 0 Å². The molecule has 0 bridgehead atoms. The molecular formula is C9H11N5. The van der Waals surface area contributed by atoms with Gasteiger partial charge in [-0.1, -0.05) is 6.07 Å². The monoisotopic (exact) mass is 189 g/mol. The Labute approximate surface area is 81.6 Å². The van der Waals surface area contributed by atoms with E-state index >= 15 is 0 Å². The van der Waals surface area contributed by atoms with Crippen LogP contribution in [-0.2, 0) is 6.54 Å². The van der Waals surface area contributed by atoms with Gasteiger partial charge in [0.2, 0.25) is 0 Å². The van der Waals surface area contributed by atoms with Crippen molar-refractivity contribution in [3.05, 3.63) is 42.7 Å². The van der Waals surface area contributed by atoms with E-state index in [9.17, 15) is 0 Å². The van der Waals surface area contributed by atoms with Crippen LogP contribution in [0.4, 0.5) is 0 Å². The van der Waals surface area contributed by atoms with E-state index in [1.54, 1.807) is 23.4 Å². The minimum Gasteiger partial charge on any atom is -0.322 e. The molecule has 0 aliphatic carbocycles. The molecule has 2 rings (SSSR count). The molecular weight excluding hydrogens is 178 g/mol. The van der Waals surface area contributed by atoms with Crippen LogP contribution >= 0.6 is 0 Å². The summed E-state index contributed by atoms with van der Waals surface area (Å²) in [5.41, 5.74) is 6.96. The lowest BCUT2D eigenvalue weighted by atomic mass is 10.1. The molecule has 2 aromatic rings. The zero-order valence-corrected chi connectivity index (χ0v) is 7.61. The molecule has 5 nitrogen and oxygen atoms in total. The maximum Gasteiger partial charge on any atom is 0.137 e. The third-order valence-corrected chi connectivity index (χ3v) is 1.96. The van der Waals surface area contributed by atoms with Crippen LogP contribution in [0.1, 0.15) is 11.6 Å². The molecule has 0 radical (unpaired) electrons. The number of hydrogen-bond acceptors (Lipinski definition) is 4. The minimum absolute atomic E-state index is 0.0922.